The van der Waals surface area contributed by atoms with Gasteiger partial charge < -0.3 is 10.5 Å². The number of amides is 1. The highest BCUT2D eigenvalue weighted by atomic mass is 35.7. The number of halogens is 3. The zero-order valence-corrected chi connectivity index (χ0v) is 9.74. The van der Waals surface area contributed by atoms with Crippen molar-refractivity contribution in [2.24, 2.45) is 5.73 Å². The molecule has 0 aliphatic heterocycles. The van der Waals surface area contributed by atoms with Crippen molar-refractivity contribution in [3.63, 3.8) is 0 Å². The molecule has 1 aromatic rings. The standard InChI is InChI=1S/C7H4Cl2FNO4S/c8-3-1-4(10)6(16(9,13)14)2-5(3)15-7(11)12/h1-2H,(H2,11,12). The highest BCUT2D eigenvalue weighted by Gasteiger charge is 2.20. The van der Waals surface area contributed by atoms with E-state index in [-0.39, 0.29) is 5.02 Å². The first-order valence-electron chi connectivity index (χ1n) is 3.63. The lowest BCUT2D eigenvalue weighted by molar-refractivity contribution is 0.210. The molecule has 0 saturated carbocycles. The van der Waals surface area contributed by atoms with E-state index in [1.807, 2.05) is 0 Å². The highest BCUT2D eigenvalue weighted by molar-refractivity contribution is 8.13. The minimum atomic E-state index is -4.30. The van der Waals surface area contributed by atoms with Crippen LogP contribution in [0.3, 0.4) is 0 Å². The van der Waals surface area contributed by atoms with Gasteiger partial charge in [-0.2, -0.15) is 0 Å². The molecule has 0 unspecified atom stereocenters. The van der Waals surface area contributed by atoms with E-state index in [1.54, 1.807) is 0 Å². The Balaban J connectivity index is 3.38. The predicted octanol–water partition coefficient (Wildman–Crippen LogP) is 1.86. The van der Waals surface area contributed by atoms with E-state index in [4.69, 9.17) is 28.0 Å². The van der Waals surface area contributed by atoms with Crippen LogP contribution in [-0.2, 0) is 9.05 Å². The van der Waals surface area contributed by atoms with Gasteiger partial charge in [0.15, 0.2) is 5.75 Å². The van der Waals surface area contributed by atoms with Gasteiger partial charge in [-0.1, -0.05) is 11.6 Å². The van der Waals surface area contributed by atoms with E-state index in [0.29, 0.717) is 12.1 Å². The lowest BCUT2D eigenvalue weighted by Crippen LogP contribution is -2.16. The number of hydrogen-bond acceptors (Lipinski definition) is 4. The molecule has 16 heavy (non-hydrogen) atoms. The van der Waals surface area contributed by atoms with Crippen LogP contribution in [0.5, 0.6) is 5.75 Å². The summed E-state index contributed by atoms with van der Waals surface area (Å²) >= 11 is 5.48. The molecule has 0 aliphatic rings. The van der Waals surface area contributed by atoms with Crippen molar-refractivity contribution in [1.29, 1.82) is 0 Å². The van der Waals surface area contributed by atoms with Gasteiger partial charge in [0.2, 0.25) is 0 Å². The van der Waals surface area contributed by atoms with Crippen LogP contribution in [0.1, 0.15) is 0 Å². The van der Waals surface area contributed by atoms with Crippen LogP contribution < -0.4 is 10.5 Å². The Bertz CT molecular complexity index is 546. The second-order valence-electron chi connectivity index (χ2n) is 2.57. The molecule has 0 bridgehead atoms. The molecule has 0 atom stereocenters. The molecule has 2 N–H and O–H groups in total. The summed E-state index contributed by atoms with van der Waals surface area (Å²) in [6, 6.07) is 1.32. The Hall–Kier alpha value is -1.05. The summed E-state index contributed by atoms with van der Waals surface area (Å²) in [7, 11) is 0.640. The van der Waals surface area contributed by atoms with Crippen LogP contribution in [0.25, 0.3) is 0 Å². The van der Waals surface area contributed by atoms with Crippen molar-refractivity contribution >= 4 is 37.4 Å². The average molecular weight is 288 g/mol. The first kappa shape index (κ1) is 13.0. The smallest absolute Gasteiger partial charge is 0.409 e. The van der Waals surface area contributed by atoms with Gasteiger partial charge in [0.25, 0.3) is 9.05 Å². The fraction of sp³-hybridized carbons (Fsp3) is 0. The normalized spacial score (nSPS) is 11.2. The first-order valence-corrected chi connectivity index (χ1v) is 6.31. The van der Waals surface area contributed by atoms with Crippen LogP contribution in [-0.4, -0.2) is 14.5 Å². The van der Waals surface area contributed by atoms with Crippen molar-refractivity contribution in [2.45, 2.75) is 4.90 Å². The minimum absolute atomic E-state index is 0.305. The summed E-state index contributed by atoms with van der Waals surface area (Å²) in [4.78, 5) is 9.58. The summed E-state index contributed by atoms with van der Waals surface area (Å²) in [6.45, 7) is 0. The monoisotopic (exact) mass is 287 g/mol. The molecule has 1 amide bonds. The van der Waals surface area contributed by atoms with Crippen LogP contribution >= 0.6 is 22.3 Å². The van der Waals surface area contributed by atoms with Crippen LogP contribution in [0.4, 0.5) is 9.18 Å². The number of ether oxygens (including phenoxy) is 1. The van der Waals surface area contributed by atoms with Gasteiger partial charge in [0.05, 0.1) is 5.02 Å². The van der Waals surface area contributed by atoms with Gasteiger partial charge in [0, 0.05) is 16.7 Å². The Kier molecular flexibility index (Phi) is 3.61. The third kappa shape index (κ3) is 2.97. The average Bonchev–Trinajstić information content (AvgIpc) is 2.06. The molecule has 9 heteroatoms. The number of carbonyl (C=O) groups is 1. The van der Waals surface area contributed by atoms with Crippen LogP contribution in [0.2, 0.25) is 5.02 Å². The second kappa shape index (κ2) is 4.44. The Morgan fingerprint density at radius 2 is 2.00 bits per heavy atom. The summed E-state index contributed by atoms with van der Waals surface area (Å²) in [5, 5.41) is -0.305. The second-order valence-corrected chi connectivity index (χ2v) is 5.51. The number of hydrogen-bond donors (Lipinski definition) is 1. The van der Waals surface area contributed by atoms with Gasteiger partial charge in [-0.05, 0) is 6.07 Å². The largest absolute Gasteiger partial charge is 0.410 e. The quantitative estimate of drug-likeness (QED) is 0.841. The molecule has 5 nitrogen and oxygen atoms in total. The van der Waals surface area contributed by atoms with E-state index in [9.17, 15) is 17.6 Å². The third-order valence-corrected chi connectivity index (χ3v) is 3.09. The lowest BCUT2D eigenvalue weighted by Gasteiger charge is -2.06. The van der Waals surface area contributed by atoms with Gasteiger partial charge in [0.1, 0.15) is 10.7 Å². The highest BCUT2D eigenvalue weighted by Crippen LogP contribution is 2.31. The van der Waals surface area contributed by atoms with E-state index in [0.717, 1.165) is 0 Å². The van der Waals surface area contributed by atoms with E-state index in [2.05, 4.69) is 4.74 Å². The summed E-state index contributed by atoms with van der Waals surface area (Å²) in [5.74, 6) is -1.55. The van der Waals surface area contributed by atoms with Crippen LogP contribution in [0.15, 0.2) is 17.0 Å². The first-order chi connectivity index (χ1) is 7.21. The lowest BCUT2D eigenvalue weighted by atomic mass is 10.3. The molecular weight excluding hydrogens is 284 g/mol. The predicted molar refractivity (Wildman–Crippen MR) is 54.7 cm³/mol. The molecule has 1 rings (SSSR count). The number of rotatable bonds is 2. The maximum absolute atomic E-state index is 13.1. The van der Waals surface area contributed by atoms with Crippen molar-refractivity contribution in [2.75, 3.05) is 0 Å². The van der Waals surface area contributed by atoms with Crippen molar-refractivity contribution < 1.29 is 22.3 Å². The summed E-state index contributed by atoms with van der Waals surface area (Å²) in [6.07, 6.45) is -1.22. The van der Waals surface area contributed by atoms with Crippen molar-refractivity contribution in [1.82, 2.24) is 0 Å². The maximum atomic E-state index is 13.1. The summed E-state index contributed by atoms with van der Waals surface area (Å²) in [5.41, 5.74) is 4.69. The number of nitrogens with two attached hydrogens (primary N) is 1. The molecule has 0 aromatic heterocycles. The topological polar surface area (TPSA) is 86.5 Å². The minimum Gasteiger partial charge on any atom is -0.409 e. The summed E-state index contributed by atoms with van der Waals surface area (Å²) < 4.78 is 39.3. The maximum Gasteiger partial charge on any atom is 0.410 e. The fourth-order valence-electron chi connectivity index (χ4n) is 0.884. The Morgan fingerprint density at radius 1 is 1.44 bits per heavy atom. The third-order valence-electron chi connectivity index (χ3n) is 1.46. The van der Waals surface area contributed by atoms with E-state index >= 15 is 0 Å². The van der Waals surface area contributed by atoms with Gasteiger partial charge in [-0.25, -0.2) is 17.6 Å². The number of carbonyl (C=O) groups excluding carboxylic acids is 1. The molecular formula is C7H4Cl2FNO4S. The molecule has 0 spiro atoms. The van der Waals surface area contributed by atoms with Crippen LogP contribution in [0, 0.1) is 5.82 Å². The Morgan fingerprint density at radius 3 is 2.44 bits per heavy atom. The number of benzene rings is 1. The fourth-order valence-corrected chi connectivity index (χ4v) is 1.97. The molecule has 0 fully saturated rings. The molecule has 0 aliphatic carbocycles. The van der Waals surface area contributed by atoms with E-state index < -0.39 is 31.6 Å². The van der Waals surface area contributed by atoms with Gasteiger partial charge >= 0.3 is 6.09 Å². The van der Waals surface area contributed by atoms with Gasteiger partial charge in [-0.3, -0.25) is 0 Å². The molecule has 1 aromatic carbocycles. The SMILES string of the molecule is NC(=O)Oc1cc(S(=O)(=O)Cl)c(F)cc1Cl. The number of primary amides is 1. The van der Waals surface area contributed by atoms with Crippen molar-refractivity contribution in [3.05, 3.63) is 23.0 Å². The molecule has 88 valence electrons. The zero-order valence-electron chi connectivity index (χ0n) is 7.41. The molecule has 0 radical (unpaired) electrons. The van der Waals surface area contributed by atoms with Gasteiger partial charge in [-0.15, -0.1) is 0 Å². The molecule has 0 saturated heterocycles. The van der Waals surface area contributed by atoms with E-state index in [1.165, 1.54) is 0 Å². The molecule has 0 heterocycles. The zero-order chi connectivity index (χ0) is 12.5. The van der Waals surface area contributed by atoms with Crippen molar-refractivity contribution in [3.8, 4) is 5.75 Å². The Labute approximate surface area is 99.3 Å².